The molecule has 2 N–H and O–H groups in total. The molecule has 7 nitrogen and oxygen atoms in total. The van der Waals surface area contributed by atoms with Crippen molar-refractivity contribution in [1.29, 1.82) is 0 Å². The summed E-state index contributed by atoms with van der Waals surface area (Å²) < 4.78 is 8.22. The molecule has 26 heavy (non-hydrogen) atoms. The average Bonchev–Trinajstić information content (AvgIpc) is 2.67. The number of hydrogen-bond donors (Lipinski definition) is 1. The summed E-state index contributed by atoms with van der Waals surface area (Å²) in [7, 11) is 0. The van der Waals surface area contributed by atoms with Crippen LogP contribution in [0.15, 0.2) is 39.9 Å². The van der Waals surface area contributed by atoms with Crippen LogP contribution in [-0.2, 0) is 17.8 Å². The Hall–Kier alpha value is -2.54. The number of hydrogen-bond acceptors (Lipinski definition) is 5. The molecule has 140 valence electrons. The van der Waals surface area contributed by atoms with Gasteiger partial charge in [0, 0.05) is 19.6 Å². The van der Waals surface area contributed by atoms with E-state index in [4.69, 9.17) is 10.5 Å². The summed E-state index contributed by atoms with van der Waals surface area (Å²) in [6.45, 7) is 5.09. The highest BCUT2D eigenvalue weighted by molar-refractivity contribution is 5.63. The molecule has 1 saturated heterocycles. The first kappa shape index (κ1) is 18.3. The van der Waals surface area contributed by atoms with Crippen molar-refractivity contribution in [3.05, 3.63) is 56.7 Å². The minimum Gasteiger partial charge on any atom is -0.383 e. The quantitative estimate of drug-likeness (QED) is 0.841. The predicted octanol–water partition coefficient (Wildman–Crippen LogP) is 1.28. The van der Waals surface area contributed by atoms with Gasteiger partial charge in [-0.05, 0) is 12.0 Å². The molecule has 0 bridgehead atoms. The van der Waals surface area contributed by atoms with E-state index in [0.29, 0.717) is 38.5 Å². The third kappa shape index (κ3) is 3.67. The lowest BCUT2D eigenvalue weighted by molar-refractivity contribution is 0.122. The number of ether oxygens (including phenoxy) is 1. The first-order chi connectivity index (χ1) is 12.6. The van der Waals surface area contributed by atoms with E-state index in [1.54, 1.807) is 4.57 Å². The Labute approximate surface area is 152 Å². The van der Waals surface area contributed by atoms with Crippen LogP contribution in [0, 0.1) is 0 Å². The molecule has 0 radical (unpaired) electrons. The van der Waals surface area contributed by atoms with Gasteiger partial charge >= 0.3 is 5.69 Å². The molecule has 1 aromatic carbocycles. The van der Waals surface area contributed by atoms with Gasteiger partial charge in [0.15, 0.2) is 0 Å². The van der Waals surface area contributed by atoms with Gasteiger partial charge in [-0.15, -0.1) is 0 Å². The first-order valence-corrected chi connectivity index (χ1v) is 9.13. The maximum atomic E-state index is 13.1. The van der Waals surface area contributed by atoms with Crippen LogP contribution < -0.4 is 21.9 Å². The van der Waals surface area contributed by atoms with Gasteiger partial charge in [-0.2, -0.15) is 0 Å². The number of unbranched alkanes of at least 4 members (excludes halogenated alkanes) is 1. The highest BCUT2D eigenvalue weighted by Crippen LogP contribution is 2.19. The number of nitrogen functional groups attached to an aromatic ring is 1. The smallest absolute Gasteiger partial charge is 0.332 e. The van der Waals surface area contributed by atoms with Crippen molar-refractivity contribution in [2.24, 2.45) is 0 Å². The van der Waals surface area contributed by atoms with E-state index in [1.807, 2.05) is 35.2 Å². The number of anilines is 2. The van der Waals surface area contributed by atoms with Crippen LogP contribution in [0.5, 0.6) is 0 Å². The molecule has 1 fully saturated rings. The average molecular weight is 358 g/mol. The molecule has 3 rings (SSSR count). The van der Waals surface area contributed by atoms with Crippen LogP contribution in [0.2, 0.25) is 0 Å². The topological polar surface area (TPSA) is 82.5 Å². The van der Waals surface area contributed by atoms with Crippen LogP contribution >= 0.6 is 0 Å². The Kier molecular flexibility index (Phi) is 5.78. The maximum Gasteiger partial charge on any atom is 0.332 e. The summed E-state index contributed by atoms with van der Waals surface area (Å²) in [4.78, 5) is 28.0. The van der Waals surface area contributed by atoms with Crippen molar-refractivity contribution in [2.75, 3.05) is 36.9 Å². The van der Waals surface area contributed by atoms with E-state index in [-0.39, 0.29) is 23.6 Å². The lowest BCUT2D eigenvalue weighted by Crippen LogP contribution is -2.47. The van der Waals surface area contributed by atoms with E-state index in [1.165, 1.54) is 4.57 Å². The highest BCUT2D eigenvalue weighted by atomic mass is 16.5. The second-order valence-corrected chi connectivity index (χ2v) is 6.50. The lowest BCUT2D eigenvalue weighted by Gasteiger charge is -2.30. The van der Waals surface area contributed by atoms with Gasteiger partial charge in [-0.1, -0.05) is 43.7 Å². The normalized spacial score (nSPS) is 14.6. The summed E-state index contributed by atoms with van der Waals surface area (Å²) >= 11 is 0. The fourth-order valence-corrected chi connectivity index (χ4v) is 3.22. The van der Waals surface area contributed by atoms with Gasteiger partial charge in [0.05, 0.1) is 19.8 Å². The van der Waals surface area contributed by atoms with Gasteiger partial charge in [0.1, 0.15) is 11.5 Å². The molecule has 0 unspecified atom stereocenters. The van der Waals surface area contributed by atoms with Crippen LogP contribution in [0.4, 0.5) is 11.5 Å². The molecular formula is C19H26N4O3. The Morgan fingerprint density at radius 1 is 1.08 bits per heavy atom. The van der Waals surface area contributed by atoms with Crippen LogP contribution in [0.3, 0.4) is 0 Å². The van der Waals surface area contributed by atoms with Gasteiger partial charge < -0.3 is 15.4 Å². The van der Waals surface area contributed by atoms with Crippen molar-refractivity contribution in [1.82, 2.24) is 9.13 Å². The summed E-state index contributed by atoms with van der Waals surface area (Å²) in [5, 5.41) is 0. The zero-order valence-electron chi connectivity index (χ0n) is 15.2. The van der Waals surface area contributed by atoms with Crippen molar-refractivity contribution in [2.45, 2.75) is 32.9 Å². The molecule has 2 aromatic rings. The molecule has 1 aliphatic heterocycles. The summed E-state index contributed by atoms with van der Waals surface area (Å²) in [6.07, 6.45) is 1.77. The lowest BCUT2D eigenvalue weighted by atomic mass is 10.2. The molecule has 0 aliphatic carbocycles. The SMILES string of the molecule is CCCCn1c(N)c(N2CCOCC2)c(=O)n(Cc2ccccc2)c1=O. The predicted molar refractivity (Wildman–Crippen MR) is 103 cm³/mol. The largest absolute Gasteiger partial charge is 0.383 e. The van der Waals surface area contributed by atoms with Gasteiger partial charge in [-0.3, -0.25) is 13.9 Å². The number of aromatic nitrogens is 2. The molecule has 7 heteroatoms. The van der Waals surface area contributed by atoms with E-state index in [0.717, 1.165) is 18.4 Å². The van der Waals surface area contributed by atoms with E-state index >= 15 is 0 Å². The van der Waals surface area contributed by atoms with Crippen molar-refractivity contribution >= 4 is 11.5 Å². The summed E-state index contributed by atoms with van der Waals surface area (Å²) in [5.74, 6) is 0.264. The Morgan fingerprint density at radius 3 is 2.42 bits per heavy atom. The van der Waals surface area contributed by atoms with Gasteiger partial charge in [-0.25, -0.2) is 4.79 Å². The van der Waals surface area contributed by atoms with Crippen molar-refractivity contribution < 1.29 is 4.74 Å². The number of benzene rings is 1. The molecule has 2 heterocycles. The first-order valence-electron chi connectivity index (χ1n) is 9.13. The molecular weight excluding hydrogens is 332 g/mol. The molecule has 1 aromatic heterocycles. The number of morpholine rings is 1. The monoisotopic (exact) mass is 358 g/mol. The summed E-state index contributed by atoms with van der Waals surface area (Å²) in [6, 6.07) is 9.53. The third-order valence-corrected chi connectivity index (χ3v) is 4.69. The Morgan fingerprint density at radius 2 is 1.77 bits per heavy atom. The van der Waals surface area contributed by atoms with E-state index < -0.39 is 0 Å². The number of rotatable bonds is 6. The minimum absolute atomic E-state index is 0.238. The van der Waals surface area contributed by atoms with Crippen molar-refractivity contribution in [3.63, 3.8) is 0 Å². The molecule has 0 atom stereocenters. The molecule has 0 saturated carbocycles. The minimum atomic E-state index is -0.346. The maximum absolute atomic E-state index is 13.1. The second-order valence-electron chi connectivity index (χ2n) is 6.50. The molecule has 1 aliphatic rings. The van der Waals surface area contributed by atoms with Crippen LogP contribution in [0.1, 0.15) is 25.3 Å². The zero-order valence-corrected chi connectivity index (χ0v) is 15.2. The summed E-state index contributed by atoms with van der Waals surface area (Å²) in [5.41, 5.74) is 6.94. The Balaban J connectivity index is 2.12. The van der Waals surface area contributed by atoms with Gasteiger partial charge in [0.2, 0.25) is 0 Å². The molecule has 0 spiro atoms. The van der Waals surface area contributed by atoms with E-state index in [9.17, 15) is 9.59 Å². The Bertz CT molecular complexity index is 852. The number of nitrogens with two attached hydrogens (primary N) is 1. The highest BCUT2D eigenvalue weighted by Gasteiger charge is 2.23. The van der Waals surface area contributed by atoms with Gasteiger partial charge in [0.25, 0.3) is 5.56 Å². The number of nitrogens with zero attached hydrogens (tertiary/aromatic N) is 3. The fourth-order valence-electron chi connectivity index (χ4n) is 3.22. The van der Waals surface area contributed by atoms with Crippen LogP contribution in [0.25, 0.3) is 0 Å². The van der Waals surface area contributed by atoms with E-state index in [2.05, 4.69) is 6.92 Å². The van der Waals surface area contributed by atoms with Crippen LogP contribution in [-0.4, -0.2) is 35.4 Å². The fraction of sp³-hybridized carbons (Fsp3) is 0.474. The standard InChI is InChI=1S/C19H26N4O3/c1-2-3-9-22-17(20)16(21-10-12-26-13-11-21)18(24)23(19(22)25)14-15-7-5-4-6-8-15/h4-8H,2-3,9-14,20H2,1H3. The molecule has 0 amide bonds. The zero-order chi connectivity index (χ0) is 18.5. The second kappa shape index (κ2) is 8.23. The third-order valence-electron chi connectivity index (χ3n) is 4.69. The van der Waals surface area contributed by atoms with Crippen molar-refractivity contribution in [3.8, 4) is 0 Å².